The third-order valence-corrected chi connectivity index (χ3v) is 3.65. The van der Waals surface area contributed by atoms with E-state index in [-0.39, 0.29) is 11.7 Å². The number of aryl methyl sites for hydroxylation is 1. The number of carbonyl (C=O) groups is 2. The Morgan fingerprint density at radius 1 is 1.33 bits per heavy atom. The van der Waals surface area contributed by atoms with E-state index in [1.165, 1.54) is 0 Å². The Labute approximate surface area is 108 Å². The van der Waals surface area contributed by atoms with Crippen molar-refractivity contribution in [2.75, 3.05) is 6.54 Å². The van der Waals surface area contributed by atoms with Crippen LogP contribution in [0.5, 0.6) is 0 Å². The van der Waals surface area contributed by atoms with Crippen LogP contribution in [-0.2, 0) is 4.79 Å². The zero-order valence-electron chi connectivity index (χ0n) is 11.2. The summed E-state index contributed by atoms with van der Waals surface area (Å²) in [6, 6.07) is 7.52. The summed E-state index contributed by atoms with van der Waals surface area (Å²) in [6.07, 6.45) is 1.34. The fraction of sp³-hybridized carbons (Fsp3) is 0.467. The molecule has 0 unspecified atom stereocenters. The lowest BCUT2D eigenvalue weighted by Crippen LogP contribution is -2.56. The van der Waals surface area contributed by atoms with Gasteiger partial charge < -0.3 is 4.90 Å². The smallest absolute Gasteiger partial charge is 0.254 e. The van der Waals surface area contributed by atoms with Gasteiger partial charge in [0.1, 0.15) is 0 Å². The topological polar surface area (TPSA) is 37.4 Å². The summed E-state index contributed by atoms with van der Waals surface area (Å²) in [4.78, 5) is 26.1. The van der Waals surface area contributed by atoms with Gasteiger partial charge in [0, 0.05) is 18.5 Å². The molecule has 18 heavy (non-hydrogen) atoms. The average Bonchev–Trinajstić information content (AvgIpc) is 2.32. The predicted molar refractivity (Wildman–Crippen MR) is 70.5 cm³/mol. The predicted octanol–water partition coefficient (Wildman–Crippen LogP) is 2.58. The number of nitrogens with zero attached hydrogens (tertiary/aromatic N) is 1. The molecule has 1 aromatic rings. The molecule has 0 bridgehead atoms. The summed E-state index contributed by atoms with van der Waals surface area (Å²) >= 11 is 0. The third-order valence-electron chi connectivity index (χ3n) is 3.65. The van der Waals surface area contributed by atoms with Crippen LogP contribution >= 0.6 is 0 Å². The first-order chi connectivity index (χ1) is 8.43. The minimum atomic E-state index is -0.681. The summed E-state index contributed by atoms with van der Waals surface area (Å²) in [6.45, 7) is 6.29. The second kappa shape index (κ2) is 4.56. The number of rotatable bonds is 1. The van der Waals surface area contributed by atoms with E-state index in [2.05, 4.69) is 0 Å². The Kier molecular flexibility index (Phi) is 3.24. The molecule has 0 saturated carbocycles. The van der Waals surface area contributed by atoms with Gasteiger partial charge in [-0.2, -0.15) is 0 Å². The quantitative estimate of drug-likeness (QED) is 0.762. The van der Waals surface area contributed by atoms with Crippen molar-refractivity contribution < 1.29 is 9.59 Å². The molecule has 3 nitrogen and oxygen atoms in total. The van der Waals surface area contributed by atoms with E-state index in [1.54, 1.807) is 4.90 Å². The highest BCUT2D eigenvalue weighted by Gasteiger charge is 2.40. The summed E-state index contributed by atoms with van der Waals surface area (Å²) in [5.41, 5.74) is 1.04. The van der Waals surface area contributed by atoms with E-state index < -0.39 is 5.54 Å². The first-order valence-corrected chi connectivity index (χ1v) is 6.35. The molecular weight excluding hydrogens is 226 g/mol. The van der Waals surface area contributed by atoms with Gasteiger partial charge in [-0.15, -0.1) is 0 Å². The molecule has 0 aromatic heterocycles. The number of hydrogen-bond donors (Lipinski definition) is 0. The Morgan fingerprint density at radius 3 is 2.72 bits per heavy atom. The van der Waals surface area contributed by atoms with Crippen LogP contribution in [0.15, 0.2) is 24.3 Å². The van der Waals surface area contributed by atoms with E-state index in [9.17, 15) is 9.59 Å². The molecule has 1 fully saturated rings. The monoisotopic (exact) mass is 245 g/mol. The van der Waals surface area contributed by atoms with Crippen molar-refractivity contribution in [3.8, 4) is 0 Å². The molecule has 3 heteroatoms. The zero-order valence-corrected chi connectivity index (χ0v) is 11.2. The number of amides is 1. The number of benzene rings is 1. The Bertz CT molecular complexity index is 491. The molecule has 96 valence electrons. The van der Waals surface area contributed by atoms with Crippen LogP contribution in [0.3, 0.4) is 0 Å². The highest BCUT2D eigenvalue weighted by atomic mass is 16.2. The van der Waals surface area contributed by atoms with Gasteiger partial charge in [0.25, 0.3) is 5.91 Å². The first-order valence-electron chi connectivity index (χ1n) is 6.35. The van der Waals surface area contributed by atoms with Crippen LogP contribution in [-0.4, -0.2) is 28.7 Å². The Morgan fingerprint density at radius 2 is 2.06 bits per heavy atom. The largest absolute Gasteiger partial charge is 0.326 e. The van der Waals surface area contributed by atoms with Crippen molar-refractivity contribution in [1.82, 2.24) is 4.90 Å². The molecule has 1 heterocycles. The minimum Gasteiger partial charge on any atom is -0.326 e. The van der Waals surface area contributed by atoms with Gasteiger partial charge in [-0.1, -0.05) is 17.7 Å². The van der Waals surface area contributed by atoms with Gasteiger partial charge in [0.15, 0.2) is 5.78 Å². The molecule has 0 atom stereocenters. The molecule has 1 saturated heterocycles. The van der Waals surface area contributed by atoms with Crippen molar-refractivity contribution in [1.29, 1.82) is 0 Å². The number of likely N-dealkylation sites (tertiary alicyclic amines) is 1. The number of hydrogen-bond acceptors (Lipinski definition) is 2. The maximum atomic E-state index is 12.5. The molecule has 2 rings (SSSR count). The lowest BCUT2D eigenvalue weighted by molar-refractivity contribution is -0.130. The molecule has 1 aliphatic heterocycles. The van der Waals surface area contributed by atoms with Gasteiger partial charge in [-0.3, -0.25) is 9.59 Å². The first kappa shape index (κ1) is 12.8. The van der Waals surface area contributed by atoms with E-state index in [0.29, 0.717) is 18.5 Å². The van der Waals surface area contributed by atoms with E-state index in [0.717, 1.165) is 12.0 Å². The van der Waals surface area contributed by atoms with Gasteiger partial charge in [-0.25, -0.2) is 0 Å². The van der Waals surface area contributed by atoms with Crippen LogP contribution in [0.2, 0.25) is 0 Å². The molecule has 0 aliphatic carbocycles. The number of Topliss-reactive ketones (excluding diaryl/α,β-unsaturated/α-hetero) is 1. The van der Waals surface area contributed by atoms with Crippen molar-refractivity contribution in [2.24, 2.45) is 0 Å². The highest BCUT2D eigenvalue weighted by Crippen LogP contribution is 2.26. The lowest BCUT2D eigenvalue weighted by Gasteiger charge is -2.41. The molecule has 0 N–H and O–H groups in total. The second-order valence-corrected chi connectivity index (χ2v) is 5.41. The minimum absolute atomic E-state index is 0.0447. The molecular formula is C15H19NO2. The van der Waals surface area contributed by atoms with Crippen molar-refractivity contribution in [3.63, 3.8) is 0 Å². The molecule has 1 aromatic carbocycles. The van der Waals surface area contributed by atoms with Crippen molar-refractivity contribution in [2.45, 2.75) is 39.2 Å². The molecule has 1 aliphatic rings. The summed E-state index contributed by atoms with van der Waals surface area (Å²) in [5.74, 6) is 0.103. The summed E-state index contributed by atoms with van der Waals surface area (Å²) in [5, 5.41) is 0. The van der Waals surface area contributed by atoms with Crippen LogP contribution in [0.25, 0.3) is 0 Å². The summed E-state index contributed by atoms with van der Waals surface area (Å²) in [7, 11) is 0. The molecule has 1 amide bonds. The maximum Gasteiger partial charge on any atom is 0.254 e. The number of ketones is 1. The van der Waals surface area contributed by atoms with E-state index in [4.69, 9.17) is 0 Å². The van der Waals surface area contributed by atoms with Crippen molar-refractivity contribution in [3.05, 3.63) is 35.4 Å². The molecule has 0 radical (unpaired) electrons. The van der Waals surface area contributed by atoms with E-state index in [1.807, 2.05) is 45.0 Å². The fourth-order valence-electron chi connectivity index (χ4n) is 2.42. The lowest BCUT2D eigenvalue weighted by atomic mass is 9.88. The highest BCUT2D eigenvalue weighted by molar-refractivity contribution is 6.00. The van der Waals surface area contributed by atoms with Crippen LogP contribution < -0.4 is 0 Å². The fourth-order valence-corrected chi connectivity index (χ4v) is 2.42. The standard InChI is InChI=1S/C15H19NO2/c1-11-6-4-7-12(10-11)14(18)16-9-5-8-13(17)15(16,2)3/h4,6-7,10H,5,8-9H2,1-3H3. The molecule has 0 spiro atoms. The average molecular weight is 245 g/mol. The third kappa shape index (κ3) is 2.17. The van der Waals surface area contributed by atoms with Gasteiger partial charge >= 0.3 is 0 Å². The zero-order chi connectivity index (χ0) is 13.3. The Balaban J connectivity index is 2.31. The van der Waals surface area contributed by atoms with Crippen molar-refractivity contribution >= 4 is 11.7 Å². The number of piperidine rings is 1. The van der Waals surface area contributed by atoms with Crippen LogP contribution in [0.4, 0.5) is 0 Å². The maximum absolute atomic E-state index is 12.5. The number of carbonyl (C=O) groups excluding carboxylic acids is 2. The normalized spacial score (nSPS) is 18.8. The SMILES string of the molecule is Cc1cccc(C(=O)N2CCCC(=O)C2(C)C)c1. The summed E-state index contributed by atoms with van der Waals surface area (Å²) < 4.78 is 0. The van der Waals surface area contributed by atoms with Gasteiger partial charge in [0.05, 0.1) is 5.54 Å². The van der Waals surface area contributed by atoms with Gasteiger partial charge in [-0.05, 0) is 39.3 Å². The van der Waals surface area contributed by atoms with E-state index >= 15 is 0 Å². The van der Waals surface area contributed by atoms with Crippen LogP contribution in [0.1, 0.15) is 42.6 Å². The second-order valence-electron chi connectivity index (χ2n) is 5.41. The van der Waals surface area contributed by atoms with Gasteiger partial charge in [0.2, 0.25) is 0 Å². The van der Waals surface area contributed by atoms with Crippen LogP contribution in [0, 0.1) is 6.92 Å². The Hall–Kier alpha value is -1.64.